The highest BCUT2D eigenvalue weighted by atomic mass is 32.1. The van der Waals surface area contributed by atoms with Gasteiger partial charge in [-0.25, -0.2) is 4.90 Å². The molecule has 0 saturated carbocycles. The first-order valence-corrected chi connectivity index (χ1v) is 10.7. The van der Waals surface area contributed by atoms with E-state index in [-0.39, 0.29) is 24.8 Å². The molecule has 0 N–H and O–H groups in total. The summed E-state index contributed by atoms with van der Waals surface area (Å²) < 4.78 is 5.16. The highest BCUT2D eigenvalue weighted by Gasteiger charge is 2.44. The van der Waals surface area contributed by atoms with Crippen molar-refractivity contribution in [3.63, 3.8) is 0 Å². The number of thiophene rings is 1. The third kappa shape index (κ3) is 4.11. The van der Waals surface area contributed by atoms with E-state index in [2.05, 4.69) is 0 Å². The highest BCUT2D eigenvalue weighted by molar-refractivity contribution is 7.09. The molecule has 0 spiro atoms. The lowest BCUT2D eigenvalue weighted by Crippen LogP contribution is -2.45. The lowest BCUT2D eigenvalue weighted by atomic mass is 10.1. The van der Waals surface area contributed by atoms with E-state index < -0.39 is 11.9 Å². The summed E-state index contributed by atoms with van der Waals surface area (Å²) in [7, 11) is 1.54. The van der Waals surface area contributed by atoms with Crippen LogP contribution >= 0.6 is 11.3 Å². The van der Waals surface area contributed by atoms with E-state index in [0.29, 0.717) is 22.6 Å². The van der Waals surface area contributed by atoms with Crippen molar-refractivity contribution in [2.75, 3.05) is 12.0 Å². The van der Waals surface area contributed by atoms with Crippen LogP contribution in [0.5, 0.6) is 5.75 Å². The first kappa shape index (κ1) is 21.3. The molecule has 1 fully saturated rings. The first-order chi connectivity index (χ1) is 15.5. The molecule has 160 valence electrons. The van der Waals surface area contributed by atoms with Gasteiger partial charge >= 0.3 is 0 Å². The van der Waals surface area contributed by atoms with E-state index in [1.165, 1.54) is 16.2 Å². The van der Waals surface area contributed by atoms with Gasteiger partial charge < -0.3 is 9.64 Å². The molecule has 1 unspecified atom stereocenters. The summed E-state index contributed by atoms with van der Waals surface area (Å²) in [6.07, 6.45) is -0.105. The van der Waals surface area contributed by atoms with E-state index in [9.17, 15) is 14.4 Å². The molecule has 0 radical (unpaired) electrons. The van der Waals surface area contributed by atoms with Crippen LogP contribution in [0, 0.1) is 11.3 Å². The molecule has 1 aliphatic rings. The molecule has 0 bridgehead atoms. The van der Waals surface area contributed by atoms with E-state index in [0.717, 1.165) is 9.78 Å². The molecule has 0 aliphatic carbocycles. The highest BCUT2D eigenvalue weighted by Crippen LogP contribution is 2.29. The van der Waals surface area contributed by atoms with Crippen LogP contribution < -0.4 is 9.64 Å². The van der Waals surface area contributed by atoms with Crippen LogP contribution in [0.3, 0.4) is 0 Å². The summed E-state index contributed by atoms with van der Waals surface area (Å²) in [5.74, 6) is -0.569. The lowest BCUT2D eigenvalue weighted by Gasteiger charge is -2.27. The summed E-state index contributed by atoms with van der Waals surface area (Å²) in [4.78, 5) is 43.0. The van der Waals surface area contributed by atoms with Gasteiger partial charge in [-0.05, 0) is 60.0 Å². The quantitative estimate of drug-likeness (QED) is 0.541. The van der Waals surface area contributed by atoms with Gasteiger partial charge in [-0.1, -0.05) is 6.07 Å². The van der Waals surface area contributed by atoms with Gasteiger partial charge in [0.05, 0.1) is 37.4 Å². The molecule has 1 aromatic heterocycles. The van der Waals surface area contributed by atoms with Crippen LogP contribution in [-0.4, -0.2) is 35.8 Å². The number of hydrogen-bond acceptors (Lipinski definition) is 6. The third-order valence-electron chi connectivity index (χ3n) is 5.26. The topological polar surface area (TPSA) is 90.7 Å². The molecule has 2 heterocycles. The van der Waals surface area contributed by atoms with Crippen LogP contribution in [0.4, 0.5) is 5.69 Å². The fourth-order valence-electron chi connectivity index (χ4n) is 3.61. The van der Waals surface area contributed by atoms with Crippen LogP contribution in [0.1, 0.15) is 27.2 Å². The number of nitriles is 1. The smallest absolute Gasteiger partial charge is 0.257 e. The van der Waals surface area contributed by atoms with Crippen LogP contribution in [-0.2, 0) is 16.1 Å². The Morgan fingerprint density at radius 3 is 2.47 bits per heavy atom. The molecule has 4 rings (SSSR count). The van der Waals surface area contributed by atoms with Gasteiger partial charge in [0.15, 0.2) is 0 Å². The Kier molecular flexibility index (Phi) is 6.01. The zero-order valence-corrected chi connectivity index (χ0v) is 18.0. The van der Waals surface area contributed by atoms with Crippen molar-refractivity contribution in [1.29, 1.82) is 5.26 Å². The van der Waals surface area contributed by atoms with Crippen molar-refractivity contribution in [1.82, 2.24) is 4.90 Å². The molecular weight excluding hydrogens is 426 g/mol. The van der Waals surface area contributed by atoms with Gasteiger partial charge in [0, 0.05) is 10.4 Å². The minimum atomic E-state index is -0.921. The predicted molar refractivity (Wildman–Crippen MR) is 119 cm³/mol. The van der Waals surface area contributed by atoms with Gasteiger partial charge in [0.2, 0.25) is 5.91 Å². The maximum atomic E-state index is 13.4. The number of amides is 3. The zero-order valence-electron chi connectivity index (χ0n) is 17.2. The normalized spacial score (nSPS) is 15.5. The number of methoxy groups -OCH3 is 1. The second kappa shape index (κ2) is 9.04. The molecule has 1 aliphatic heterocycles. The number of rotatable bonds is 6. The number of ether oxygens (including phenoxy) is 1. The fourth-order valence-corrected chi connectivity index (χ4v) is 4.31. The Morgan fingerprint density at radius 1 is 1.16 bits per heavy atom. The van der Waals surface area contributed by atoms with Crippen molar-refractivity contribution in [3.05, 3.63) is 82.0 Å². The number of nitrogens with zero attached hydrogens (tertiary/aromatic N) is 3. The summed E-state index contributed by atoms with van der Waals surface area (Å²) in [6, 6.07) is 17.7. The SMILES string of the molecule is COc1ccc(C(=O)N(Cc2cccs2)C2CC(=O)N(c3ccc(C#N)cc3)C2=O)cc1. The summed E-state index contributed by atoms with van der Waals surface area (Å²) in [5.41, 5.74) is 1.22. The zero-order chi connectivity index (χ0) is 22.7. The van der Waals surface area contributed by atoms with Crippen LogP contribution in [0.25, 0.3) is 0 Å². The minimum Gasteiger partial charge on any atom is -0.497 e. The minimum absolute atomic E-state index is 0.105. The van der Waals surface area contributed by atoms with Crippen molar-refractivity contribution in [2.24, 2.45) is 0 Å². The second-order valence-corrected chi connectivity index (χ2v) is 8.22. The molecular formula is C24H19N3O4S. The third-order valence-corrected chi connectivity index (χ3v) is 6.12. The summed E-state index contributed by atoms with van der Waals surface area (Å²) >= 11 is 1.48. The van der Waals surface area contributed by atoms with Gasteiger partial charge in [-0.3, -0.25) is 14.4 Å². The lowest BCUT2D eigenvalue weighted by molar-refractivity contribution is -0.122. The Hall–Kier alpha value is -3.96. The van der Waals surface area contributed by atoms with Crippen molar-refractivity contribution in [3.8, 4) is 11.8 Å². The predicted octanol–water partition coefficient (Wildman–Crippen LogP) is 3.60. The molecule has 2 aromatic carbocycles. The van der Waals surface area contributed by atoms with E-state index in [1.807, 2.05) is 23.6 Å². The maximum absolute atomic E-state index is 13.4. The van der Waals surface area contributed by atoms with Crippen LogP contribution in [0.2, 0.25) is 0 Å². The van der Waals surface area contributed by atoms with Gasteiger partial charge in [-0.2, -0.15) is 5.26 Å². The standard InChI is InChI=1S/C24H19N3O4S/c1-31-19-10-6-17(7-11-19)23(29)26(15-20-3-2-12-32-20)21-13-22(28)27(24(21)30)18-8-4-16(14-25)5-9-18/h2-12,21H,13,15H2,1H3. The first-order valence-electron chi connectivity index (χ1n) is 9.86. The number of carbonyl (C=O) groups is 3. The van der Waals surface area contributed by atoms with E-state index in [4.69, 9.17) is 10.00 Å². The summed E-state index contributed by atoms with van der Waals surface area (Å²) in [5, 5.41) is 10.9. The van der Waals surface area contributed by atoms with Gasteiger partial charge in [0.25, 0.3) is 11.8 Å². The Labute approximate surface area is 189 Å². The molecule has 8 heteroatoms. The van der Waals surface area contributed by atoms with Crippen molar-refractivity contribution < 1.29 is 19.1 Å². The maximum Gasteiger partial charge on any atom is 0.257 e. The molecule has 1 saturated heterocycles. The van der Waals surface area contributed by atoms with E-state index in [1.54, 1.807) is 55.6 Å². The average molecular weight is 446 g/mol. The number of benzene rings is 2. The monoisotopic (exact) mass is 445 g/mol. The molecule has 3 amide bonds. The van der Waals surface area contributed by atoms with Gasteiger partial charge in [-0.15, -0.1) is 11.3 Å². The van der Waals surface area contributed by atoms with E-state index >= 15 is 0 Å². The molecule has 32 heavy (non-hydrogen) atoms. The van der Waals surface area contributed by atoms with Crippen molar-refractivity contribution >= 4 is 34.7 Å². The number of carbonyl (C=O) groups excluding carboxylic acids is 3. The van der Waals surface area contributed by atoms with Crippen LogP contribution in [0.15, 0.2) is 66.0 Å². The largest absolute Gasteiger partial charge is 0.497 e. The van der Waals surface area contributed by atoms with Crippen molar-refractivity contribution in [2.45, 2.75) is 19.0 Å². The Bertz CT molecular complexity index is 1180. The fraction of sp³-hybridized carbons (Fsp3) is 0.167. The Balaban J connectivity index is 1.65. The second-order valence-electron chi connectivity index (χ2n) is 7.19. The Morgan fingerprint density at radius 2 is 1.88 bits per heavy atom. The van der Waals surface area contributed by atoms with Gasteiger partial charge in [0.1, 0.15) is 11.8 Å². The molecule has 1 atom stereocenters. The summed E-state index contributed by atoms with van der Waals surface area (Å²) in [6.45, 7) is 0.216. The number of anilines is 1. The molecule has 3 aromatic rings. The molecule has 7 nitrogen and oxygen atoms in total. The number of hydrogen-bond donors (Lipinski definition) is 0. The number of imide groups is 1. The average Bonchev–Trinajstić information content (AvgIpc) is 3.44.